The summed E-state index contributed by atoms with van der Waals surface area (Å²) >= 11 is 0. The smallest absolute Gasteiger partial charge is 0.472 e. The van der Waals surface area contributed by atoms with E-state index in [2.05, 4.69) is 42.7 Å². The Morgan fingerprint density at radius 2 is 0.855 bits per heavy atom. The molecule has 11 nitrogen and oxygen atoms in total. The van der Waals surface area contributed by atoms with Gasteiger partial charge in [-0.15, -0.1) is 0 Å². The number of ether oxygens (including phenoxy) is 2. The molecule has 0 amide bonds. The van der Waals surface area contributed by atoms with E-state index in [1.165, 1.54) is 154 Å². The number of phosphoric acid groups is 1. The molecule has 0 saturated carbocycles. The molecular formula is C50H94NO10P. The minimum Gasteiger partial charge on any atom is -0.480 e. The lowest BCUT2D eigenvalue weighted by atomic mass is 10.0. The van der Waals surface area contributed by atoms with Crippen LogP contribution in [0.5, 0.6) is 0 Å². The molecule has 0 spiro atoms. The second kappa shape index (κ2) is 45.5. The highest BCUT2D eigenvalue weighted by atomic mass is 31.2. The van der Waals surface area contributed by atoms with Crippen LogP contribution < -0.4 is 5.73 Å². The molecule has 12 heteroatoms. The maximum absolute atomic E-state index is 12.7. The molecule has 0 aliphatic heterocycles. The van der Waals surface area contributed by atoms with Crippen LogP contribution in [0.25, 0.3) is 0 Å². The molecule has 0 aromatic carbocycles. The maximum Gasteiger partial charge on any atom is 0.472 e. The summed E-state index contributed by atoms with van der Waals surface area (Å²) in [6, 6.07) is -1.52. The number of nitrogens with two attached hydrogens (primary N) is 1. The fourth-order valence-corrected chi connectivity index (χ4v) is 7.99. The van der Waals surface area contributed by atoms with Gasteiger partial charge in [-0.1, -0.05) is 212 Å². The summed E-state index contributed by atoms with van der Waals surface area (Å²) < 4.78 is 32.8. The van der Waals surface area contributed by atoms with Crippen molar-refractivity contribution in [3.8, 4) is 0 Å². The van der Waals surface area contributed by atoms with Gasteiger partial charge in [-0.2, -0.15) is 0 Å². The van der Waals surface area contributed by atoms with Crippen molar-refractivity contribution >= 4 is 25.7 Å². The molecule has 3 unspecified atom stereocenters. The van der Waals surface area contributed by atoms with Gasteiger partial charge in [-0.05, 0) is 44.9 Å². The summed E-state index contributed by atoms with van der Waals surface area (Å²) in [5, 5.41) is 8.92. The zero-order valence-electron chi connectivity index (χ0n) is 39.7. The molecule has 0 bridgehead atoms. The van der Waals surface area contributed by atoms with Gasteiger partial charge in [0.15, 0.2) is 6.10 Å². The van der Waals surface area contributed by atoms with Crippen molar-refractivity contribution in [2.45, 2.75) is 257 Å². The molecule has 0 aliphatic carbocycles. The molecule has 4 N–H and O–H groups in total. The maximum atomic E-state index is 12.7. The largest absolute Gasteiger partial charge is 0.480 e. The number of carbonyl (C=O) groups is 3. The van der Waals surface area contributed by atoms with Crippen LogP contribution in [0.4, 0.5) is 0 Å². The van der Waals surface area contributed by atoms with Gasteiger partial charge in [0.25, 0.3) is 0 Å². The van der Waals surface area contributed by atoms with Gasteiger partial charge < -0.3 is 25.2 Å². The number of carboxylic acid groups (broad SMARTS) is 1. The van der Waals surface area contributed by atoms with Crippen molar-refractivity contribution in [3.63, 3.8) is 0 Å². The average Bonchev–Trinajstić information content (AvgIpc) is 3.25. The van der Waals surface area contributed by atoms with Crippen LogP contribution >= 0.6 is 7.82 Å². The van der Waals surface area contributed by atoms with Gasteiger partial charge in [0, 0.05) is 12.8 Å². The third-order valence-corrected chi connectivity index (χ3v) is 12.2. The Bertz CT molecular complexity index is 1150. The van der Waals surface area contributed by atoms with Crippen LogP contribution in [0.2, 0.25) is 0 Å². The molecule has 0 fully saturated rings. The molecule has 0 radical (unpaired) electrons. The molecule has 0 aromatic rings. The van der Waals surface area contributed by atoms with E-state index in [1.54, 1.807) is 0 Å². The van der Waals surface area contributed by atoms with Crippen molar-refractivity contribution in [2.24, 2.45) is 5.73 Å². The fraction of sp³-hybridized carbons (Fsp3) is 0.860. The van der Waals surface area contributed by atoms with Gasteiger partial charge in [0.1, 0.15) is 12.6 Å². The van der Waals surface area contributed by atoms with Crippen molar-refractivity contribution in [3.05, 3.63) is 24.3 Å². The van der Waals surface area contributed by atoms with E-state index in [-0.39, 0.29) is 19.4 Å². The summed E-state index contributed by atoms with van der Waals surface area (Å²) in [5.74, 6) is -2.37. The molecule has 0 heterocycles. The van der Waals surface area contributed by atoms with E-state index in [0.717, 1.165) is 51.4 Å². The monoisotopic (exact) mass is 900 g/mol. The number of esters is 2. The van der Waals surface area contributed by atoms with E-state index < -0.39 is 51.1 Å². The van der Waals surface area contributed by atoms with Crippen LogP contribution in [0, 0.1) is 0 Å². The van der Waals surface area contributed by atoms with Gasteiger partial charge in [-0.25, -0.2) is 4.57 Å². The first-order valence-corrected chi connectivity index (χ1v) is 26.9. The summed E-state index contributed by atoms with van der Waals surface area (Å²) in [7, 11) is -4.72. The Kier molecular flexibility index (Phi) is 44.0. The number of rotatable bonds is 48. The lowest BCUT2D eigenvalue weighted by Crippen LogP contribution is -2.34. The standard InChI is InChI=1S/C50H94NO10P/c1-3-5-7-9-11-13-15-17-19-21-22-23-24-26-28-30-32-34-36-38-40-42-49(53)61-46(44-59-62(56,57)60-45-47(51)50(54)55)43-58-48(52)41-39-37-35-33-31-29-27-25-20-18-16-14-12-10-8-6-4-2/h15,17,21-22,46-47H,3-14,16,18-20,23-45,51H2,1-2H3,(H,54,55)(H,56,57)/b17-15-,22-21-. The Morgan fingerprint density at radius 3 is 1.26 bits per heavy atom. The number of aliphatic carboxylic acids is 1. The highest BCUT2D eigenvalue weighted by molar-refractivity contribution is 7.47. The van der Waals surface area contributed by atoms with Gasteiger partial charge >= 0.3 is 25.7 Å². The first-order chi connectivity index (χ1) is 30.1. The predicted octanol–water partition coefficient (Wildman–Crippen LogP) is 14.2. The minimum absolute atomic E-state index is 0.160. The topological polar surface area (TPSA) is 172 Å². The first-order valence-electron chi connectivity index (χ1n) is 25.4. The summed E-state index contributed by atoms with van der Waals surface area (Å²) in [6.07, 6.45) is 49.5. The molecule has 0 rings (SSSR count). The molecule has 0 aromatic heterocycles. The highest BCUT2D eigenvalue weighted by Crippen LogP contribution is 2.43. The van der Waals surface area contributed by atoms with Crippen LogP contribution in [-0.4, -0.2) is 59.9 Å². The van der Waals surface area contributed by atoms with Crippen molar-refractivity contribution in [2.75, 3.05) is 19.8 Å². The van der Waals surface area contributed by atoms with Crippen molar-refractivity contribution < 1.29 is 47.5 Å². The molecular weight excluding hydrogens is 806 g/mol. The Morgan fingerprint density at radius 1 is 0.500 bits per heavy atom. The third-order valence-electron chi connectivity index (χ3n) is 11.2. The zero-order valence-corrected chi connectivity index (χ0v) is 40.6. The van der Waals surface area contributed by atoms with Crippen LogP contribution in [0.3, 0.4) is 0 Å². The van der Waals surface area contributed by atoms with Crippen LogP contribution in [0.15, 0.2) is 24.3 Å². The number of hydrogen-bond acceptors (Lipinski definition) is 9. The zero-order chi connectivity index (χ0) is 45.6. The highest BCUT2D eigenvalue weighted by Gasteiger charge is 2.28. The number of allylic oxidation sites excluding steroid dienone is 4. The fourth-order valence-electron chi connectivity index (χ4n) is 7.22. The van der Waals surface area contributed by atoms with E-state index in [0.29, 0.717) is 12.8 Å². The third kappa shape index (κ3) is 44.6. The number of carboxylic acids is 1. The normalized spacial score (nSPS) is 13.7. The van der Waals surface area contributed by atoms with E-state index in [9.17, 15) is 23.8 Å². The summed E-state index contributed by atoms with van der Waals surface area (Å²) in [5.41, 5.74) is 5.35. The van der Waals surface area contributed by atoms with Crippen LogP contribution in [0.1, 0.15) is 245 Å². The van der Waals surface area contributed by atoms with E-state index >= 15 is 0 Å². The lowest BCUT2D eigenvalue weighted by molar-refractivity contribution is -0.161. The second-order valence-corrected chi connectivity index (χ2v) is 18.8. The Labute approximate surface area is 379 Å². The van der Waals surface area contributed by atoms with E-state index in [1.807, 2.05) is 0 Å². The first kappa shape index (κ1) is 60.0. The number of hydrogen-bond donors (Lipinski definition) is 3. The number of carbonyl (C=O) groups excluding carboxylic acids is 2. The van der Waals surface area contributed by atoms with Gasteiger partial charge in [-0.3, -0.25) is 23.4 Å². The molecule has 3 atom stereocenters. The van der Waals surface area contributed by atoms with Crippen molar-refractivity contribution in [1.82, 2.24) is 0 Å². The number of unbranched alkanes of at least 4 members (excludes halogenated alkanes) is 30. The average molecular weight is 900 g/mol. The predicted molar refractivity (Wildman–Crippen MR) is 254 cm³/mol. The second-order valence-electron chi connectivity index (χ2n) is 17.3. The van der Waals surface area contributed by atoms with Crippen molar-refractivity contribution in [1.29, 1.82) is 0 Å². The van der Waals surface area contributed by atoms with E-state index in [4.69, 9.17) is 24.8 Å². The quantitative estimate of drug-likeness (QED) is 0.0230. The lowest BCUT2D eigenvalue weighted by Gasteiger charge is -2.20. The molecule has 0 aliphatic rings. The molecule has 0 saturated heterocycles. The number of phosphoric ester groups is 1. The van der Waals surface area contributed by atoms with Crippen LogP contribution in [-0.2, 0) is 37.5 Å². The molecule has 364 valence electrons. The molecule has 62 heavy (non-hydrogen) atoms. The van der Waals surface area contributed by atoms with Gasteiger partial charge in [0.05, 0.1) is 13.2 Å². The minimum atomic E-state index is -4.72. The Hall–Kier alpha value is -2.04. The summed E-state index contributed by atoms with van der Waals surface area (Å²) in [4.78, 5) is 46.2. The SMILES string of the molecule is CCCCCCC/C=C\C/C=C\CCCCCCCCCCCC(=O)OC(COC(=O)CCCCCCCCCCCCCCCCCCC)COP(=O)(O)OCC(N)C(=O)O. The summed E-state index contributed by atoms with van der Waals surface area (Å²) in [6.45, 7) is 2.83. The Balaban J connectivity index is 4.24. The van der Waals surface area contributed by atoms with Gasteiger partial charge in [0.2, 0.25) is 0 Å².